The minimum Gasteiger partial charge on any atom is -0.493 e. The van der Waals surface area contributed by atoms with E-state index in [-0.39, 0.29) is 0 Å². The lowest BCUT2D eigenvalue weighted by Crippen LogP contribution is -1.96. The molecule has 0 spiro atoms. The summed E-state index contributed by atoms with van der Waals surface area (Å²) < 4.78 is 22.4. The van der Waals surface area contributed by atoms with E-state index in [0.29, 0.717) is 33.7 Å². The summed E-state index contributed by atoms with van der Waals surface area (Å²) in [5.41, 5.74) is 3.93. The predicted octanol–water partition coefficient (Wildman–Crippen LogP) is 5.84. The summed E-state index contributed by atoms with van der Waals surface area (Å²) in [6, 6.07) is 17.0. The van der Waals surface area contributed by atoms with Gasteiger partial charge in [0.1, 0.15) is 5.52 Å². The average molecular weight is 396 g/mol. The minimum atomic E-state index is 0.483. The van der Waals surface area contributed by atoms with Gasteiger partial charge in [-0.3, -0.25) is 0 Å². The first kappa shape index (κ1) is 18.2. The van der Waals surface area contributed by atoms with Gasteiger partial charge >= 0.3 is 0 Å². The van der Waals surface area contributed by atoms with E-state index in [0.717, 1.165) is 22.2 Å². The molecule has 0 fully saturated rings. The maximum Gasteiger partial charge on any atom is 0.228 e. The molecular weight excluding hydrogens is 378 g/mol. The third kappa shape index (κ3) is 3.04. The van der Waals surface area contributed by atoms with Crippen molar-refractivity contribution < 1.29 is 18.6 Å². The van der Waals surface area contributed by atoms with Crippen molar-refractivity contribution in [3.63, 3.8) is 0 Å². The van der Waals surface area contributed by atoms with E-state index in [9.17, 15) is 0 Å². The van der Waals surface area contributed by atoms with Crippen LogP contribution in [0.25, 0.3) is 33.7 Å². The van der Waals surface area contributed by atoms with E-state index in [2.05, 4.69) is 4.98 Å². The zero-order valence-corrected chi connectivity index (χ0v) is 16.4. The maximum absolute atomic E-state index is 6.27. The van der Waals surface area contributed by atoms with Gasteiger partial charge in [-0.1, -0.05) is 29.8 Å². The van der Waals surface area contributed by atoms with Crippen molar-refractivity contribution in [1.29, 1.82) is 0 Å². The minimum absolute atomic E-state index is 0.483. The average Bonchev–Trinajstić information content (AvgIpc) is 3.15. The van der Waals surface area contributed by atoms with Crippen LogP contribution in [0.3, 0.4) is 0 Å². The molecule has 0 saturated heterocycles. The number of rotatable bonds is 5. The van der Waals surface area contributed by atoms with Gasteiger partial charge in [-0.15, -0.1) is 0 Å². The molecule has 0 atom stereocenters. The third-order valence-corrected chi connectivity index (χ3v) is 4.84. The van der Waals surface area contributed by atoms with Crippen molar-refractivity contribution in [2.24, 2.45) is 0 Å². The monoisotopic (exact) mass is 395 g/mol. The second kappa shape index (κ2) is 7.44. The van der Waals surface area contributed by atoms with Crippen LogP contribution in [0.15, 0.2) is 59.0 Å². The molecule has 0 amide bonds. The van der Waals surface area contributed by atoms with E-state index in [1.807, 2.05) is 54.6 Å². The zero-order chi connectivity index (χ0) is 19.7. The number of ether oxygens (including phenoxy) is 3. The third-order valence-electron chi connectivity index (χ3n) is 4.51. The highest BCUT2D eigenvalue weighted by Gasteiger charge is 2.18. The predicted molar refractivity (Wildman–Crippen MR) is 110 cm³/mol. The smallest absolute Gasteiger partial charge is 0.228 e. The molecule has 0 unspecified atom stereocenters. The molecule has 4 rings (SSSR count). The van der Waals surface area contributed by atoms with E-state index in [1.165, 1.54) is 0 Å². The van der Waals surface area contributed by atoms with Crippen LogP contribution in [0.4, 0.5) is 0 Å². The Morgan fingerprint density at radius 2 is 1.61 bits per heavy atom. The van der Waals surface area contributed by atoms with Gasteiger partial charge in [0.15, 0.2) is 17.1 Å². The normalized spacial score (nSPS) is 10.9. The molecule has 142 valence electrons. The summed E-state index contributed by atoms with van der Waals surface area (Å²) in [7, 11) is 4.77. The number of nitrogens with zero attached hydrogens (tertiary/aromatic N) is 1. The SMILES string of the molecule is COc1ccc(-c2ccc3nc(-c4ccccc4Cl)oc3c2)c(OC)c1OC. The summed E-state index contributed by atoms with van der Waals surface area (Å²) in [6.45, 7) is 0. The second-order valence-electron chi connectivity index (χ2n) is 6.06. The van der Waals surface area contributed by atoms with Gasteiger partial charge < -0.3 is 18.6 Å². The summed E-state index contributed by atoms with van der Waals surface area (Å²) in [5.74, 6) is 2.21. The van der Waals surface area contributed by atoms with Crippen molar-refractivity contribution in [2.75, 3.05) is 21.3 Å². The highest BCUT2D eigenvalue weighted by Crippen LogP contribution is 2.44. The van der Waals surface area contributed by atoms with Crippen molar-refractivity contribution in [2.45, 2.75) is 0 Å². The Bertz CT molecular complexity index is 1150. The Hall–Kier alpha value is -3.18. The molecule has 0 radical (unpaired) electrons. The highest BCUT2D eigenvalue weighted by molar-refractivity contribution is 6.33. The number of hydrogen-bond donors (Lipinski definition) is 0. The van der Waals surface area contributed by atoms with Crippen molar-refractivity contribution in [3.05, 3.63) is 59.6 Å². The number of oxazole rings is 1. The van der Waals surface area contributed by atoms with E-state index in [1.54, 1.807) is 21.3 Å². The second-order valence-corrected chi connectivity index (χ2v) is 6.47. The van der Waals surface area contributed by atoms with Gasteiger partial charge in [-0.2, -0.15) is 0 Å². The summed E-state index contributed by atoms with van der Waals surface area (Å²) in [6.07, 6.45) is 0. The van der Waals surface area contributed by atoms with Gasteiger partial charge in [0.2, 0.25) is 11.6 Å². The van der Waals surface area contributed by atoms with E-state index < -0.39 is 0 Å². The first-order chi connectivity index (χ1) is 13.7. The Balaban J connectivity index is 1.84. The lowest BCUT2D eigenvalue weighted by molar-refractivity contribution is 0.325. The first-order valence-electron chi connectivity index (χ1n) is 8.61. The zero-order valence-electron chi connectivity index (χ0n) is 15.7. The molecule has 28 heavy (non-hydrogen) atoms. The van der Waals surface area contributed by atoms with Crippen molar-refractivity contribution >= 4 is 22.7 Å². The number of benzene rings is 3. The fourth-order valence-electron chi connectivity index (χ4n) is 3.17. The molecule has 0 N–H and O–H groups in total. The Labute approximate surface area is 167 Å². The van der Waals surface area contributed by atoms with Crippen LogP contribution in [-0.4, -0.2) is 26.3 Å². The molecule has 0 aliphatic heterocycles. The molecule has 1 heterocycles. The van der Waals surface area contributed by atoms with Gasteiger partial charge in [0.05, 0.1) is 31.9 Å². The lowest BCUT2D eigenvalue weighted by atomic mass is 10.0. The van der Waals surface area contributed by atoms with Gasteiger partial charge in [-0.25, -0.2) is 4.98 Å². The Kier molecular flexibility index (Phi) is 4.84. The lowest BCUT2D eigenvalue weighted by Gasteiger charge is -2.15. The fraction of sp³-hybridized carbons (Fsp3) is 0.136. The molecule has 0 bridgehead atoms. The quantitative estimate of drug-likeness (QED) is 0.424. The topological polar surface area (TPSA) is 53.7 Å². The van der Waals surface area contributed by atoms with Crippen molar-refractivity contribution in [1.82, 2.24) is 4.98 Å². The van der Waals surface area contributed by atoms with Gasteiger partial charge in [0, 0.05) is 5.56 Å². The van der Waals surface area contributed by atoms with Crippen LogP contribution in [0.2, 0.25) is 5.02 Å². The summed E-state index contributed by atoms with van der Waals surface area (Å²) in [5, 5.41) is 0.593. The van der Waals surface area contributed by atoms with Crippen LogP contribution >= 0.6 is 11.6 Å². The number of halogens is 1. The van der Waals surface area contributed by atoms with Gasteiger partial charge in [-0.05, 0) is 42.0 Å². The molecule has 0 saturated carbocycles. The Morgan fingerprint density at radius 3 is 2.32 bits per heavy atom. The van der Waals surface area contributed by atoms with E-state index in [4.69, 9.17) is 30.2 Å². The number of aromatic nitrogens is 1. The summed E-state index contributed by atoms with van der Waals surface area (Å²) >= 11 is 6.27. The molecule has 1 aromatic heterocycles. The first-order valence-corrected chi connectivity index (χ1v) is 8.99. The van der Waals surface area contributed by atoms with Crippen molar-refractivity contribution in [3.8, 4) is 39.8 Å². The molecule has 6 heteroatoms. The highest BCUT2D eigenvalue weighted by atomic mass is 35.5. The standard InChI is InChI=1S/C22H18ClNO4/c1-25-18-11-9-14(20(26-2)21(18)27-3)13-8-10-17-19(12-13)28-22(24-17)15-6-4-5-7-16(15)23/h4-12H,1-3H3. The Morgan fingerprint density at radius 1 is 0.821 bits per heavy atom. The maximum atomic E-state index is 6.27. The fourth-order valence-corrected chi connectivity index (χ4v) is 3.39. The molecule has 5 nitrogen and oxygen atoms in total. The number of fused-ring (bicyclic) bond motifs is 1. The van der Waals surface area contributed by atoms with Gasteiger partial charge in [0.25, 0.3) is 0 Å². The largest absolute Gasteiger partial charge is 0.493 e. The van der Waals surface area contributed by atoms with E-state index >= 15 is 0 Å². The van der Waals surface area contributed by atoms with Crippen LogP contribution in [-0.2, 0) is 0 Å². The molecule has 3 aromatic carbocycles. The molecule has 4 aromatic rings. The van der Waals surface area contributed by atoms with Crippen LogP contribution in [0.1, 0.15) is 0 Å². The van der Waals surface area contributed by atoms with Crippen LogP contribution in [0.5, 0.6) is 17.2 Å². The number of hydrogen-bond acceptors (Lipinski definition) is 5. The summed E-state index contributed by atoms with van der Waals surface area (Å²) in [4.78, 5) is 4.56. The number of methoxy groups -OCH3 is 3. The molecule has 0 aliphatic rings. The molecule has 0 aliphatic carbocycles. The van der Waals surface area contributed by atoms with Crippen LogP contribution in [0, 0.1) is 0 Å². The van der Waals surface area contributed by atoms with Crippen LogP contribution < -0.4 is 14.2 Å². The molecular formula is C22H18ClNO4.